The minimum Gasteiger partial charge on any atom is -0.392 e. The van der Waals surface area contributed by atoms with E-state index in [9.17, 15) is 20.4 Å². The SMILES string of the molecule is CCCCC/C=C\C/C=C\CCCCCCC(O)CN(CCN(C)CCN(CC(O)CCCCCC/C=C\C/C=C\CCCCC)CC(O)CCCCCC/C=C\C/C=C\CCCCC)CC(O)CCCCCC/C=C\C/C=C\CCCCC. The first-order valence-corrected chi connectivity index (χ1v) is 36.3. The molecule has 490 valence electrons. The Morgan fingerprint density at radius 3 is 0.631 bits per heavy atom. The number of aliphatic hydroxyl groups is 4. The average molecular weight is 1180 g/mol. The van der Waals surface area contributed by atoms with Gasteiger partial charge in [-0.2, -0.15) is 0 Å². The van der Waals surface area contributed by atoms with E-state index in [2.05, 4.69) is 147 Å². The summed E-state index contributed by atoms with van der Waals surface area (Å²) in [5, 5.41) is 45.5. The second-order valence-corrected chi connectivity index (χ2v) is 25.1. The molecule has 0 fully saturated rings. The fourth-order valence-corrected chi connectivity index (χ4v) is 10.9. The third-order valence-electron chi connectivity index (χ3n) is 16.4. The van der Waals surface area contributed by atoms with Crippen molar-refractivity contribution in [2.45, 2.75) is 335 Å². The predicted molar refractivity (Wildman–Crippen MR) is 373 cm³/mol. The van der Waals surface area contributed by atoms with Crippen molar-refractivity contribution in [3.63, 3.8) is 0 Å². The van der Waals surface area contributed by atoms with Crippen LogP contribution in [0.3, 0.4) is 0 Å². The molecule has 0 aromatic heterocycles. The lowest BCUT2D eigenvalue weighted by atomic mass is 10.1. The lowest BCUT2D eigenvalue weighted by molar-refractivity contribution is 0.0492. The molecule has 7 heteroatoms. The van der Waals surface area contributed by atoms with Crippen LogP contribution in [-0.2, 0) is 0 Å². The summed E-state index contributed by atoms with van der Waals surface area (Å²) >= 11 is 0. The molecule has 4 N–H and O–H groups in total. The van der Waals surface area contributed by atoms with Crippen molar-refractivity contribution in [3.05, 3.63) is 97.2 Å². The van der Waals surface area contributed by atoms with Gasteiger partial charge in [0.05, 0.1) is 24.4 Å². The molecule has 0 aromatic carbocycles. The summed E-state index contributed by atoms with van der Waals surface area (Å²) in [6.07, 6.45) is 86.1. The molecule has 4 atom stereocenters. The van der Waals surface area contributed by atoms with Crippen LogP contribution in [0.2, 0.25) is 0 Å². The van der Waals surface area contributed by atoms with Crippen molar-refractivity contribution in [2.24, 2.45) is 0 Å². The zero-order chi connectivity index (χ0) is 61.1. The third-order valence-corrected chi connectivity index (χ3v) is 16.4. The van der Waals surface area contributed by atoms with Gasteiger partial charge in [-0.3, -0.25) is 9.80 Å². The Bertz CT molecular complexity index is 1340. The van der Waals surface area contributed by atoms with E-state index in [4.69, 9.17) is 0 Å². The van der Waals surface area contributed by atoms with Gasteiger partial charge in [-0.15, -0.1) is 0 Å². The van der Waals surface area contributed by atoms with Crippen molar-refractivity contribution in [3.8, 4) is 0 Å². The highest BCUT2D eigenvalue weighted by Crippen LogP contribution is 2.16. The van der Waals surface area contributed by atoms with E-state index in [1.165, 1.54) is 154 Å². The van der Waals surface area contributed by atoms with Crippen LogP contribution in [0.1, 0.15) is 310 Å². The van der Waals surface area contributed by atoms with Gasteiger partial charge >= 0.3 is 0 Å². The number of hydrogen-bond donors (Lipinski definition) is 4. The van der Waals surface area contributed by atoms with E-state index < -0.39 is 24.4 Å². The van der Waals surface area contributed by atoms with Crippen LogP contribution in [0.15, 0.2) is 97.2 Å². The molecule has 0 spiro atoms. The van der Waals surface area contributed by atoms with Gasteiger partial charge in [-0.05, 0) is 161 Å². The maximum absolute atomic E-state index is 11.4. The van der Waals surface area contributed by atoms with Gasteiger partial charge in [0.1, 0.15) is 0 Å². The molecule has 0 radical (unpaired) electrons. The molecule has 0 aromatic rings. The maximum atomic E-state index is 11.4. The fourth-order valence-electron chi connectivity index (χ4n) is 10.9. The molecule has 0 bridgehead atoms. The van der Waals surface area contributed by atoms with Gasteiger partial charge < -0.3 is 25.3 Å². The third kappa shape index (κ3) is 64.1. The molecule has 0 aliphatic rings. The fraction of sp³-hybridized carbons (Fsp3) is 0.792. The molecular weight excluding hydrogens is 1030 g/mol. The first kappa shape index (κ1) is 81.6. The van der Waals surface area contributed by atoms with Crippen LogP contribution in [-0.4, -0.2) is 119 Å². The van der Waals surface area contributed by atoms with Gasteiger partial charge in [0.25, 0.3) is 0 Å². The summed E-state index contributed by atoms with van der Waals surface area (Å²) in [7, 11) is 2.18. The largest absolute Gasteiger partial charge is 0.392 e. The first-order chi connectivity index (χ1) is 41.2. The van der Waals surface area contributed by atoms with Crippen molar-refractivity contribution < 1.29 is 20.4 Å². The van der Waals surface area contributed by atoms with E-state index in [0.717, 1.165) is 155 Å². The van der Waals surface area contributed by atoms with E-state index in [1.54, 1.807) is 0 Å². The Morgan fingerprint density at radius 2 is 0.429 bits per heavy atom. The molecule has 0 heterocycles. The highest BCUT2D eigenvalue weighted by Gasteiger charge is 2.19. The molecule has 84 heavy (non-hydrogen) atoms. The first-order valence-electron chi connectivity index (χ1n) is 36.3. The number of unbranched alkanes of at least 4 members (excludes halogenated alkanes) is 28. The van der Waals surface area contributed by atoms with Crippen molar-refractivity contribution in [2.75, 3.05) is 59.4 Å². The van der Waals surface area contributed by atoms with Gasteiger partial charge in [0, 0.05) is 52.4 Å². The number of nitrogens with zero attached hydrogens (tertiary/aromatic N) is 3. The average Bonchev–Trinajstić information content (AvgIpc) is 3.48. The standard InChI is InChI=1S/C77H143N3O4/c1-6-10-14-18-22-26-30-34-38-42-46-50-54-58-62-74(81)70-79(71-75(82)63-59-55-51-47-43-39-35-31-27-23-19-15-11-7-2)68-66-78(5)67-69-80(72-76(83)64-60-56-52-48-44-40-36-32-28-24-20-16-12-8-3)73-77(84)65-61-57-53-49-45-41-37-33-29-25-21-17-13-9-4/h22-29,34-41,74-77,81-84H,6-21,30-33,42-73H2,1-5H3/b26-22-,27-23-,28-24-,29-25-,38-34-,39-35-,40-36-,41-37-. The van der Waals surface area contributed by atoms with Crippen molar-refractivity contribution >= 4 is 0 Å². The molecule has 0 aliphatic carbocycles. The van der Waals surface area contributed by atoms with Gasteiger partial charge in [0.2, 0.25) is 0 Å². The lowest BCUT2D eigenvalue weighted by Gasteiger charge is -2.31. The highest BCUT2D eigenvalue weighted by molar-refractivity contribution is 4.95. The summed E-state index contributed by atoms with van der Waals surface area (Å²) in [5.41, 5.74) is 0. The Hall–Kier alpha value is -2.36. The summed E-state index contributed by atoms with van der Waals surface area (Å²) in [5.74, 6) is 0. The molecule has 0 saturated carbocycles. The monoisotopic (exact) mass is 1170 g/mol. The quantitative estimate of drug-likeness (QED) is 0.0356. The zero-order valence-electron chi connectivity index (χ0n) is 56.4. The van der Waals surface area contributed by atoms with Gasteiger partial charge in [0.15, 0.2) is 0 Å². The number of hydrogen-bond acceptors (Lipinski definition) is 7. The zero-order valence-corrected chi connectivity index (χ0v) is 56.4. The predicted octanol–water partition coefficient (Wildman–Crippen LogP) is 20.7. The van der Waals surface area contributed by atoms with Crippen LogP contribution in [0.4, 0.5) is 0 Å². The summed E-state index contributed by atoms with van der Waals surface area (Å²) < 4.78 is 0. The molecule has 0 amide bonds. The molecule has 4 unspecified atom stereocenters. The molecule has 7 nitrogen and oxygen atoms in total. The van der Waals surface area contributed by atoms with E-state index in [0.29, 0.717) is 26.2 Å². The Labute approximate surface area is 523 Å². The second-order valence-electron chi connectivity index (χ2n) is 25.1. The smallest absolute Gasteiger partial charge is 0.0667 e. The van der Waals surface area contributed by atoms with Crippen molar-refractivity contribution in [1.82, 2.24) is 14.7 Å². The van der Waals surface area contributed by atoms with Crippen LogP contribution in [0.25, 0.3) is 0 Å². The number of likely N-dealkylation sites (N-methyl/N-ethyl adjacent to an activating group) is 1. The molecule has 0 aliphatic heterocycles. The highest BCUT2D eigenvalue weighted by atomic mass is 16.3. The second kappa shape index (κ2) is 68.1. The summed E-state index contributed by atoms with van der Waals surface area (Å²) in [6.45, 7) is 14.6. The van der Waals surface area contributed by atoms with Gasteiger partial charge in [-0.25, -0.2) is 0 Å². The summed E-state index contributed by atoms with van der Waals surface area (Å²) in [6, 6.07) is 0. The maximum Gasteiger partial charge on any atom is 0.0667 e. The Kier molecular flexibility index (Phi) is 66.2. The number of allylic oxidation sites excluding steroid dienone is 16. The topological polar surface area (TPSA) is 90.6 Å². The van der Waals surface area contributed by atoms with E-state index in [1.807, 2.05) is 0 Å². The van der Waals surface area contributed by atoms with Crippen LogP contribution in [0.5, 0.6) is 0 Å². The molecule has 0 saturated heterocycles. The summed E-state index contributed by atoms with van der Waals surface area (Å²) in [4.78, 5) is 7.00. The molecule has 0 rings (SSSR count). The number of aliphatic hydroxyl groups excluding tert-OH is 4. The Balaban J connectivity index is 5.37. The lowest BCUT2D eigenvalue weighted by Crippen LogP contribution is -2.44. The van der Waals surface area contributed by atoms with Crippen LogP contribution < -0.4 is 0 Å². The normalized spacial score (nSPS) is 14.3. The van der Waals surface area contributed by atoms with Crippen molar-refractivity contribution in [1.29, 1.82) is 0 Å². The Morgan fingerprint density at radius 1 is 0.238 bits per heavy atom. The van der Waals surface area contributed by atoms with Crippen LogP contribution >= 0.6 is 0 Å². The molecular formula is C77H143N3O4. The van der Waals surface area contributed by atoms with Gasteiger partial charge in [-0.1, -0.05) is 253 Å². The minimum absolute atomic E-state index is 0.405. The van der Waals surface area contributed by atoms with Crippen LogP contribution in [0, 0.1) is 0 Å². The van der Waals surface area contributed by atoms with E-state index in [-0.39, 0.29) is 0 Å². The number of rotatable bonds is 66. The minimum atomic E-state index is -0.405. The van der Waals surface area contributed by atoms with E-state index >= 15 is 0 Å².